The van der Waals surface area contributed by atoms with Gasteiger partial charge in [-0.25, -0.2) is 9.59 Å². The van der Waals surface area contributed by atoms with Crippen molar-refractivity contribution in [1.29, 1.82) is 0 Å². The van der Waals surface area contributed by atoms with Gasteiger partial charge in [-0.05, 0) is 32.3 Å². The zero-order valence-corrected chi connectivity index (χ0v) is 12.6. The summed E-state index contributed by atoms with van der Waals surface area (Å²) in [6, 6.07) is -1.16. The number of rotatable bonds is 2. The van der Waals surface area contributed by atoms with Gasteiger partial charge >= 0.3 is 12.1 Å². The van der Waals surface area contributed by atoms with Gasteiger partial charge in [0.2, 0.25) is 0 Å². The number of carboxylic acid groups (broad SMARTS) is 1. The standard InChI is InChI=1S/C14H23NO5/c1-8(2)6-9-10(16)7-15(11(9)12(17)18)13(19)20-14(3,4)5/h6,8,10-11,16H,7H2,1-5H3,(H,17,18)/b9-6-/t10-,11+/m1/s1. The first-order valence-electron chi connectivity index (χ1n) is 6.65. The molecule has 0 saturated carbocycles. The molecule has 114 valence electrons. The van der Waals surface area contributed by atoms with E-state index in [0.29, 0.717) is 5.57 Å². The Bertz CT molecular complexity index is 422. The highest BCUT2D eigenvalue weighted by molar-refractivity contribution is 5.85. The molecule has 0 aromatic heterocycles. The molecule has 1 amide bonds. The van der Waals surface area contributed by atoms with E-state index in [1.165, 1.54) is 0 Å². The molecule has 2 N–H and O–H groups in total. The Balaban J connectivity index is 3.04. The number of aliphatic carboxylic acids is 1. The van der Waals surface area contributed by atoms with Crippen LogP contribution in [0.4, 0.5) is 4.79 Å². The average molecular weight is 285 g/mol. The number of amides is 1. The smallest absolute Gasteiger partial charge is 0.411 e. The lowest BCUT2D eigenvalue weighted by atomic mass is 10.0. The second kappa shape index (κ2) is 5.83. The monoisotopic (exact) mass is 285 g/mol. The van der Waals surface area contributed by atoms with Crippen LogP contribution in [-0.4, -0.2) is 51.5 Å². The van der Waals surface area contributed by atoms with Crippen molar-refractivity contribution in [3.63, 3.8) is 0 Å². The van der Waals surface area contributed by atoms with E-state index in [4.69, 9.17) is 4.74 Å². The van der Waals surface area contributed by atoms with Crippen molar-refractivity contribution >= 4 is 12.1 Å². The van der Waals surface area contributed by atoms with Crippen LogP contribution >= 0.6 is 0 Å². The number of β-amino-alcohol motifs (C(OH)–C–C–N with tert-alkyl or cyclic N) is 1. The van der Waals surface area contributed by atoms with Gasteiger partial charge in [-0.2, -0.15) is 0 Å². The quantitative estimate of drug-likeness (QED) is 0.753. The van der Waals surface area contributed by atoms with Crippen molar-refractivity contribution in [3.05, 3.63) is 11.6 Å². The number of hydrogen-bond donors (Lipinski definition) is 2. The van der Waals surface area contributed by atoms with Gasteiger partial charge < -0.3 is 14.9 Å². The predicted molar refractivity (Wildman–Crippen MR) is 73.3 cm³/mol. The van der Waals surface area contributed by atoms with Gasteiger partial charge in [0, 0.05) is 0 Å². The maximum absolute atomic E-state index is 12.1. The Kier molecular flexibility index (Phi) is 4.81. The van der Waals surface area contributed by atoms with Gasteiger partial charge in [0.15, 0.2) is 6.04 Å². The van der Waals surface area contributed by atoms with Crippen LogP contribution in [0.5, 0.6) is 0 Å². The lowest BCUT2D eigenvalue weighted by Crippen LogP contribution is -2.44. The van der Waals surface area contributed by atoms with Crippen LogP contribution in [0.15, 0.2) is 11.6 Å². The molecule has 0 aromatic carbocycles. The Morgan fingerprint density at radius 2 is 1.95 bits per heavy atom. The van der Waals surface area contributed by atoms with E-state index in [1.807, 2.05) is 13.8 Å². The minimum Gasteiger partial charge on any atom is -0.479 e. The first-order valence-corrected chi connectivity index (χ1v) is 6.65. The summed E-state index contributed by atoms with van der Waals surface area (Å²) in [5.41, 5.74) is -0.367. The van der Waals surface area contributed by atoms with Crippen LogP contribution in [0.1, 0.15) is 34.6 Å². The molecule has 1 heterocycles. The molecular weight excluding hydrogens is 262 g/mol. The van der Waals surface area contributed by atoms with Crippen molar-refractivity contribution in [2.75, 3.05) is 6.54 Å². The van der Waals surface area contributed by atoms with Gasteiger partial charge in [-0.1, -0.05) is 19.9 Å². The number of nitrogens with zero attached hydrogens (tertiary/aromatic N) is 1. The summed E-state index contributed by atoms with van der Waals surface area (Å²) in [7, 11) is 0. The van der Waals surface area contributed by atoms with E-state index in [9.17, 15) is 19.8 Å². The Morgan fingerprint density at radius 1 is 1.40 bits per heavy atom. The third-order valence-corrected chi connectivity index (χ3v) is 2.77. The largest absolute Gasteiger partial charge is 0.479 e. The highest BCUT2D eigenvalue weighted by Gasteiger charge is 2.44. The number of ether oxygens (including phenoxy) is 1. The highest BCUT2D eigenvalue weighted by atomic mass is 16.6. The molecule has 1 aliphatic rings. The third kappa shape index (κ3) is 3.96. The summed E-state index contributed by atoms with van der Waals surface area (Å²) in [4.78, 5) is 24.5. The van der Waals surface area contributed by atoms with Crippen molar-refractivity contribution in [2.24, 2.45) is 5.92 Å². The zero-order valence-electron chi connectivity index (χ0n) is 12.6. The highest BCUT2D eigenvalue weighted by Crippen LogP contribution is 2.27. The summed E-state index contributed by atoms with van der Waals surface area (Å²) in [5.74, 6) is -1.08. The van der Waals surface area contributed by atoms with Crippen LogP contribution in [0.2, 0.25) is 0 Å². The fraction of sp³-hybridized carbons (Fsp3) is 0.714. The van der Waals surface area contributed by atoms with Crippen molar-refractivity contribution in [1.82, 2.24) is 4.90 Å². The van der Waals surface area contributed by atoms with Gasteiger partial charge in [-0.3, -0.25) is 4.90 Å². The molecule has 0 bridgehead atoms. The predicted octanol–water partition coefficient (Wildman–Crippen LogP) is 1.63. The summed E-state index contributed by atoms with van der Waals surface area (Å²) in [5, 5.41) is 19.3. The number of hydrogen-bond acceptors (Lipinski definition) is 4. The van der Waals surface area contributed by atoms with Gasteiger partial charge in [0.1, 0.15) is 5.60 Å². The molecule has 0 aromatic rings. The molecule has 20 heavy (non-hydrogen) atoms. The molecule has 1 aliphatic heterocycles. The maximum Gasteiger partial charge on any atom is 0.411 e. The van der Waals surface area contributed by atoms with Crippen molar-refractivity contribution < 1.29 is 24.5 Å². The average Bonchev–Trinajstić information content (AvgIpc) is 2.53. The van der Waals surface area contributed by atoms with E-state index >= 15 is 0 Å². The van der Waals surface area contributed by atoms with Crippen LogP contribution in [0.3, 0.4) is 0 Å². The number of carboxylic acids is 1. The van der Waals surface area contributed by atoms with Crippen molar-refractivity contribution in [3.8, 4) is 0 Å². The molecule has 0 unspecified atom stereocenters. The van der Waals surface area contributed by atoms with E-state index in [-0.39, 0.29) is 12.5 Å². The first kappa shape index (κ1) is 16.5. The Hall–Kier alpha value is -1.56. The molecule has 1 fully saturated rings. The number of carbonyl (C=O) groups is 2. The molecule has 0 spiro atoms. The summed E-state index contributed by atoms with van der Waals surface area (Å²) in [6.07, 6.45) is -0.00416. The number of allylic oxidation sites excluding steroid dienone is 1. The molecule has 6 heteroatoms. The van der Waals surface area contributed by atoms with Crippen molar-refractivity contribution in [2.45, 2.75) is 52.4 Å². The number of aliphatic hydroxyl groups excluding tert-OH is 1. The summed E-state index contributed by atoms with van der Waals surface area (Å²) >= 11 is 0. The SMILES string of the molecule is CC(C)/C=C1/[C@H](O)CN(C(=O)OC(C)(C)C)[C@@H]1C(=O)O. The van der Waals surface area contributed by atoms with E-state index in [1.54, 1.807) is 26.8 Å². The maximum atomic E-state index is 12.1. The summed E-state index contributed by atoms with van der Waals surface area (Å²) < 4.78 is 5.19. The molecule has 1 rings (SSSR count). The van der Waals surface area contributed by atoms with E-state index < -0.39 is 29.8 Å². The van der Waals surface area contributed by atoms with Gasteiger partial charge in [0.25, 0.3) is 0 Å². The van der Waals surface area contributed by atoms with E-state index in [2.05, 4.69) is 0 Å². The topological polar surface area (TPSA) is 87.1 Å². The molecule has 1 saturated heterocycles. The van der Waals surface area contributed by atoms with E-state index in [0.717, 1.165) is 4.90 Å². The molecule has 6 nitrogen and oxygen atoms in total. The summed E-state index contributed by atoms with van der Waals surface area (Å²) in [6.45, 7) is 8.82. The van der Waals surface area contributed by atoms with Crippen LogP contribution in [-0.2, 0) is 9.53 Å². The lowest BCUT2D eigenvalue weighted by Gasteiger charge is -2.26. The normalized spacial score (nSPS) is 25.4. The second-order valence-corrected chi connectivity index (χ2v) is 6.30. The molecule has 2 atom stereocenters. The number of aliphatic hydroxyl groups is 1. The van der Waals surface area contributed by atoms with Crippen LogP contribution in [0.25, 0.3) is 0 Å². The molecule has 0 aliphatic carbocycles. The first-order chi connectivity index (χ1) is 9.03. The van der Waals surface area contributed by atoms with Crippen LogP contribution in [0, 0.1) is 5.92 Å². The van der Waals surface area contributed by atoms with Crippen LogP contribution < -0.4 is 0 Å². The minimum absolute atomic E-state index is 0.0650. The molecule has 0 radical (unpaired) electrons. The fourth-order valence-corrected chi connectivity index (χ4v) is 2.12. The van der Waals surface area contributed by atoms with Gasteiger partial charge in [-0.15, -0.1) is 0 Å². The Morgan fingerprint density at radius 3 is 2.35 bits per heavy atom. The van der Waals surface area contributed by atoms with Gasteiger partial charge in [0.05, 0.1) is 12.6 Å². The Labute approximate surface area is 119 Å². The number of likely N-dealkylation sites (tertiary alicyclic amines) is 1. The third-order valence-electron chi connectivity index (χ3n) is 2.77. The number of carbonyl (C=O) groups excluding carboxylic acids is 1. The minimum atomic E-state index is -1.17. The lowest BCUT2D eigenvalue weighted by molar-refractivity contribution is -0.140. The molecular formula is C14H23NO5. The fourth-order valence-electron chi connectivity index (χ4n) is 2.12. The second-order valence-electron chi connectivity index (χ2n) is 6.30. The zero-order chi connectivity index (χ0) is 15.7.